The van der Waals surface area contributed by atoms with Crippen LogP contribution in [-0.4, -0.2) is 30.5 Å². The minimum absolute atomic E-state index is 0.0591. The number of hydrogen-bond donors (Lipinski definition) is 0. The van der Waals surface area contributed by atoms with E-state index in [1.807, 2.05) is 0 Å². The second-order valence-corrected chi connectivity index (χ2v) is 4.43. The second-order valence-electron chi connectivity index (χ2n) is 4.43. The Morgan fingerprint density at radius 1 is 1.42 bits per heavy atom. The van der Waals surface area contributed by atoms with Gasteiger partial charge in [0.05, 0.1) is 38.0 Å². The van der Waals surface area contributed by atoms with Gasteiger partial charge in [-0.25, -0.2) is 0 Å². The Morgan fingerprint density at radius 2 is 2.16 bits per heavy atom. The van der Waals surface area contributed by atoms with E-state index in [2.05, 4.69) is 0 Å². The maximum absolute atomic E-state index is 12.7. The highest BCUT2D eigenvalue weighted by molar-refractivity contribution is 5.20. The molecule has 1 fully saturated rings. The molecule has 1 aromatic heterocycles. The molecule has 1 atom stereocenters. The van der Waals surface area contributed by atoms with E-state index in [4.69, 9.17) is 9.47 Å². The molecule has 2 heterocycles. The monoisotopic (exact) mass is 277 g/mol. The highest BCUT2D eigenvalue weighted by atomic mass is 19.4. The zero-order valence-electron chi connectivity index (χ0n) is 10.4. The molecule has 0 saturated carbocycles. The highest BCUT2D eigenvalue weighted by Crippen LogP contribution is 2.28. The Kier molecular flexibility index (Phi) is 3.96. The fraction of sp³-hybridized carbons (Fsp3) is 0.583. The SMILES string of the molecule is Cc1cc(C(F)(F)F)cn(CC2COCCO2)c1=O. The van der Waals surface area contributed by atoms with Crippen molar-refractivity contribution in [3.8, 4) is 0 Å². The topological polar surface area (TPSA) is 40.5 Å². The normalized spacial score (nSPS) is 20.5. The Morgan fingerprint density at radius 3 is 2.74 bits per heavy atom. The average Bonchev–Trinajstić information content (AvgIpc) is 2.34. The van der Waals surface area contributed by atoms with Crippen LogP contribution in [0.25, 0.3) is 0 Å². The van der Waals surface area contributed by atoms with Crippen LogP contribution in [0.15, 0.2) is 17.1 Å². The largest absolute Gasteiger partial charge is 0.417 e. The summed E-state index contributed by atoms with van der Waals surface area (Å²) in [6, 6.07) is 0.858. The van der Waals surface area contributed by atoms with Gasteiger partial charge in [-0.3, -0.25) is 4.79 Å². The van der Waals surface area contributed by atoms with E-state index in [1.54, 1.807) is 0 Å². The van der Waals surface area contributed by atoms with Crippen LogP contribution < -0.4 is 5.56 Å². The number of hydrogen-bond acceptors (Lipinski definition) is 3. The van der Waals surface area contributed by atoms with Crippen molar-refractivity contribution in [2.24, 2.45) is 0 Å². The molecule has 0 bridgehead atoms. The minimum atomic E-state index is -4.47. The van der Waals surface area contributed by atoms with Crippen molar-refractivity contribution in [1.29, 1.82) is 0 Å². The summed E-state index contributed by atoms with van der Waals surface area (Å²) in [5.41, 5.74) is -1.21. The molecule has 1 aliphatic rings. The molecule has 19 heavy (non-hydrogen) atoms. The Balaban J connectivity index is 2.28. The van der Waals surface area contributed by atoms with E-state index in [-0.39, 0.29) is 18.7 Å². The lowest BCUT2D eigenvalue weighted by atomic mass is 10.2. The summed E-state index contributed by atoms with van der Waals surface area (Å²) in [4.78, 5) is 11.8. The molecule has 0 aromatic carbocycles. The first-order chi connectivity index (χ1) is 8.88. The van der Waals surface area contributed by atoms with E-state index in [9.17, 15) is 18.0 Å². The van der Waals surface area contributed by atoms with E-state index >= 15 is 0 Å². The van der Waals surface area contributed by atoms with Gasteiger partial charge in [0.25, 0.3) is 5.56 Å². The van der Waals surface area contributed by atoms with Crippen LogP contribution in [0.5, 0.6) is 0 Å². The number of nitrogens with zero attached hydrogens (tertiary/aromatic N) is 1. The van der Waals surface area contributed by atoms with Gasteiger partial charge in [-0.2, -0.15) is 13.2 Å². The molecule has 0 radical (unpaired) electrons. The van der Waals surface area contributed by atoms with Crippen LogP contribution in [0.1, 0.15) is 11.1 Å². The first-order valence-electron chi connectivity index (χ1n) is 5.85. The van der Waals surface area contributed by atoms with Crippen molar-refractivity contribution in [2.45, 2.75) is 25.7 Å². The van der Waals surface area contributed by atoms with Gasteiger partial charge in [0, 0.05) is 11.8 Å². The van der Waals surface area contributed by atoms with Crippen molar-refractivity contribution in [3.05, 3.63) is 33.7 Å². The van der Waals surface area contributed by atoms with E-state index in [1.165, 1.54) is 6.92 Å². The van der Waals surface area contributed by atoms with E-state index in [0.29, 0.717) is 13.2 Å². The predicted octanol–water partition coefficient (Wildman–Crippen LogP) is 1.59. The summed E-state index contributed by atoms with van der Waals surface area (Å²) in [6.45, 7) is 2.56. The van der Waals surface area contributed by atoms with Gasteiger partial charge in [0.15, 0.2) is 0 Å². The summed E-state index contributed by atoms with van der Waals surface area (Å²) >= 11 is 0. The summed E-state index contributed by atoms with van der Waals surface area (Å²) < 4.78 is 49.6. The van der Waals surface area contributed by atoms with Crippen LogP contribution in [-0.2, 0) is 22.2 Å². The molecular formula is C12H14F3NO3. The summed E-state index contributed by atoms with van der Waals surface area (Å²) in [7, 11) is 0. The van der Waals surface area contributed by atoms with Crippen LogP contribution in [0.2, 0.25) is 0 Å². The second kappa shape index (κ2) is 5.34. The third-order valence-corrected chi connectivity index (χ3v) is 2.88. The molecule has 2 rings (SSSR count). The fourth-order valence-electron chi connectivity index (χ4n) is 1.94. The van der Waals surface area contributed by atoms with Gasteiger partial charge in [-0.05, 0) is 13.0 Å². The number of alkyl halides is 3. The summed E-state index contributed by atoms with van der Waals surface area (Å²) in [5, 5.41) is 0. The molecule has 0 aliphatic carbocycles. The molecule has 7 heteroatoms. The molecule has 1 aliphatic heterocycles. The molecular weight excluding hydrogens is 263 g/mol. The first-order valence-corrected chi connectivity index (χ1v) is 5.85. The molecule has 1 aromatic rings. The Labute approximate surface area is 107 Å². The molecule has 0 amide bonds. The number of aryl methyl sites for hydroxylation is 1. The average molecular weight is 277 g/mol. The summed E-state index contributed by atoms with van der Waals surface area (Å²) in [5.74, 6) is 0. The third kappa shape index (κ3) is 3.36. The number of pyridine rings is 1. The van der Waals surface area contributed by atoms with Gasteiger partial charge in [0.2, 0.25) is 0 Å². The van der Waals surface area contributed by atoms with Crippen molar-refractivity contribution in [3.63, 3.8) is 0 Å². The van der Waals surface area contributed by atoms with Crippen LogP contribution in [0.4, 0.5) is 13.2 Å². The van der Waals surface area contributed by atoms with Crippen molar-refractivity contribution < 1.29 is 22.6 Å². The van der Waals surface area contributed by atoms with Crippen molar-refractivity contribution in [1.82, 2.24) is 4.57 Å². The zero-order valence-corrected chi connectivity index (χ0v) is 10.4. The van der Waals surface area contributed by atoms with Gasteiger partial charge < -0.3 is 14.0 Å². The van der Waals surface area contributed by atoms with Gasteiger partial charge in [-0.15, -0.1) is 0 Å². The van der Waals surface area contributed by atoms with Crippen LogP contribution in [0.3, 0.4) is 0 Å². The third-order valence-electron chi connectivity index (χ3n) is 2.88. The smallest absolute Gasteiger partial charge is 0.376 e. The van der Waals surface area contributed by atoms with Gasteiger partial charge in [-0.1, -0.05) is 0 Å². The molecule has 106 valence electrons. The molecule has 1 unspecified atom stereocenters. The number of halogens is 3. The first kappa shape index (κ1) is 14.1. The Bertz CT molecular complexity index is 504. The van der Waals surface area contributed by atoms with E-state index in [0.717, 1.165) is 16.8 Å². The maximum atomic E-state index is 12.7. The lowest BCUT2D eigenvalue weighted by Gasteiger charge is -2.24. The van der Waals surface area contributed by atoms with Gasteiger partial charge >= 0.3 is 6.18 Å². The fourth-order valence-corrected chi connectivity index (χ4v) is 1.94. The molecule has 1 saturated heterocycles. The zero-order chi connectivity index (χ0) is 14.0. The predicted molar refractivity (Wildman–Crippen MR) is 61.0 cm³/mol. The van der Waals surface area contributed by atoms with Crippen molar-refractivity contribution >= 4 is 0 Å². The lowest BCUT2D eigenvalue weighted by Crippen LogP contribution is -2.36. The van der Waals surface area contributed by atoms with Gasteiger partial charge in [0.1, 0.15) is 0 Å². The molecule has 0 N–H and O–H groups in total. The number of aromatic nitrogens is 1. The number of rotatable bonds is 2. The van der Waals surface area contributed by atoms with Crippen molar-refractivity contribution in [2.75, 3.05) is 19.8 Å². The van der Waals surface area contributed by atoms with Crippen LogP contribution >= 0.6 is 0 Å². The maximum Gasteiger partial charge on any atom is 0.417 e. The Hall–Kier alpha value is -1.34. The molecule has 4 nitrogen and oxygen atoms in total. The van der Waals surface area contributed by atoms with Crippen LogP contribution in [0, 0.1) is 6.92 Å². The quantitative estimate of drug-likeness (QED) is 0.824. The number of ether oxygens (including phenoxy) is 2. The summed E-state index contributed by atoms with van der Waals surface area (Å²) in [6.07, 6.45) is -4.04. The highest BCUT2D eigenvalue weighted by Gasteiger charge is 2.32. The standard InChI is InChI=1S/C12H14F3NO3/c1-8-4-9(12(13,14)15)5-16(11(8)17)6-10-7-18-2-3-19-10/h4-5,10H,2-3,6-7H2,1H3. The van der Waals surface area contributed by atoms with E-state index < -0.39 is 23.4 Å². The minimum Gasteiger partial charge on any atom is -0.376 e. The molecule has 0 spiro atoms. The lowest BCUT2D eigenvalue weighted by molar-refractivity contribution is -0.138.